The number of nitrogens with one attached hydrogen (secondary N) is 1. The number of hydrogen-bond donors (Lipinski definition) is 2. The van der Waals surface area contributed by atoms with Crippen molar-refractivity contribution in [2.45, 2.75) is 26.3 Å². The Hall–Kier alpha value is -0.810. The van der Waals surface area contributed by atoms with Crippen LogP contribution in [0.1, 0.15) is 20.3 Å². The molecule has 1 rings (SSSR count). The highest BCUT2D eigenvalue weighted by molar-refractivity contribution is 9.10. The minimum Gasteiger partial charge on any atom is -0.397 e. The molecule has 3 N–H and O–H groups in total. The number of nitrogens with zero attached hydrogens (tertiary/aromatic N) is 1. The molecule has 0 fully saturated rings. The molecule has 0 saturated heterocycles. The maximum atomic E-state index is 13.2. The van der Waals surface area contributed by atoms with Gasteiger partial charge in [0.1, 0.15) is 5.82 Å². The van der Waals surface area contributed by atoms with E-state index in [0.717, 1.165) is 25.2 Å². The van der Waals surface area contributed by atoms with Crippen molar-refractivity contribution in [3.8, 4) is 0 Å². The summed E-state index contributed by atoms with van der Waals surface area (Å²) in [5.41, 5.74) is 6.95. The van der Waals surface area contributed by atoms with Gasteiger partial charge in [0.25, 0.3) is 0 Å². The van der Waals surface area contributed by atoms with Gasteiger partial charge in [0.15, 0.2) is 0 Å². The molecule has 0 radical (unpaired) electrons. The first kappa shape index (κ1) is 15.2. The van der Waals surface area contributed by atoms with Crippen LogP contribution in [-0.4, -0.2) is 31.1 Å². The molecule has 5 heteroatoms. The third-order valence-corrected chi connectivity index (χ3v) is 3.82. The van der Waals surface area contributed by atoms with Gasteiger partial charge in [-0.25, -0.2) is 4.39 Å². The van der Waals surface area contributed by atoms with Crippen LogP contribution >= 0.6 is 15.9 Å². The molecule has 0 aliphatic rings. The highest BCUT2D eigenvalue weighted by Gasteiger charge is 2.08. The zero-order valence-corrected chi connectivity index (χ0v) is 12.7. The fourth-order valence-electron chi connectivity index (χ4n) is 1.61. The highest BCUT2D eigenvalue weighted by atomic mass is 79.9. The van der Waals surface area contributed by atoms with E-state index in [-0.39, 0.29) is 5.82 Å². The van der Waals surface area contributed by atoms with Gasteiger partial charge in [-0.3, -0.25) is 0 Å². The third-order valence-electron chi connectivity index (χ3n) is 3.22. The molecule has 102 valence electrons. The van der Waals surface area contributed by atoms with Gasteiger partial charge in [0.05, 0.1) is 15.8 Å². The summed E-state index contributed by atoms with van der Waals surface area (Å²) < 4.78 is 13.6. The zero-order chi connectivity index (χ0) is 13.7. The van der Waals surface area contributed by atoms with Crippen LogP contribution in [0, 0.1) is 5.82 Å². The van der Waals surface area contributed by atoms with E-state index in [1.54, 1.807) is 6.07 Å². The average Bonchev–Trinajstić information content (AvgIpc) is 2.34. The van der Waals surface area contributed by atoms with Gasteiger partial charge in [0, 0.05) is 25.2 Å². The lowest BCUT2D eigenvalue weighted by atomic mass is 10.2. The summed E-state index contributed by atoms with van der Waals surface area (Å²) in [7, 11) is 2.10. The fraction of sp³-hybridized carbons (Fsp3) is 0.538. The van der Waals surface area contributed by atoms with Crippen molar-refractivity contribution in [1.29, 1.82) is 0 Å². The van der Waals surface area contributed by atoms with E-state index >= 15 is 0 Å². The molecule has 1 atom stereocenters. The molecular weight excluding hydrogens is 297 g/mol. The second-order valence-corrected chi connectivity index (χ2v) is 5.37. The number of halogens is 2. The van der Waals surface area contributed by atoms with Crippen molar-refractivity contribution in [2.24, 2.45) is 0 Å². The quantitative estimate of drug-likeness (QED) is 0.791. The number of rotatable bonds is 6. The Bertz CT molecular complexity index is 398. The van der Waals surface area contributed by atoms with Crippen molar-refractivity contribution in [2.75, 3.05) is 31.2 Å². The maximum absolute atomic E-state index is 13.2. The molecule has 1 aromatic carbocycles. The normalized spacial score (nSPS) is 12.8. The molecular formula is C13H21BrFN3. The van der Waals surface area contributed by atoms with Crippen LogP contribution in [0.3, 0.4) is 0 Å². The maximum Gasteiger partial charge on any atom is 0.139 e. The first-order valence-corrected chi connectivity index (χ1v) is 6.93. The van der Waals surface area contributed by atoms with Gasteiger partial charge in [-0.05, 0) is 42.4 Å². The lowest BCUT2D eigenvalue weighted by Crippen LogP contribution is -2.32. The summed E-state index contributed by atoms with van der Waals surface area (Å²) in [4.78, 5) is 2.28. The monoisotopic (exact) mass is 317 g/mol. The molecule has 0 aromatic heterocycles. The van der Waals surface area contributed by atoms with E-state index in [2.05, 4.69) is 47.0 Å². The number of anilines is 2. The first-order valence-electron chi connectivity index (χ1n) is 6.14. The van der Waals surface area contributed by atoms with Gasteiger partial charge in [-0.1, -0.05) is 6.92 Å². The lowest BCUT2D eigenvalue weighted by molar-refractivity contribution is 0.261. The SMILES string of the molecule is CCC(C)N(C)CCNc1cc(Br)c(F)cc1N. The van der Waals surface area contributed by atoms with Crippen molar-refractivity contribution in [1.82, 2.24) is 4.90 Å². The van der Waals surface area contributed by atoms with E-state index in [9.17, 15) is 4.39 Å². The van der Waals surface area contributed by atoms with E-state index < -0.39 is 0 Å². The number of benzene rings is 1. The van der Waals surface area contributed by atoms with Crippen LogP contribution in [0.25, 0.3) is 0 Å². The third kappa shape index (κ3) is 4.14. The van der Waals surface area contributed by atoms with Gasteiger partial charge in [0.2, 0.25) is 0 Å². The Morgan fingerprint density at radius 3 is 2.78 bits per heavy atom. The zero-order valence-electron chi connectivity index (χ0n) is 11.1. The minimum absolute atomic E-state index is 0.338. The van der Waals surface area contributed by atoms with Crippen molar-refractivity contribution >= 4 is 27.3 Å². The number of nitrogen functional groups attached to an aromatic ring is 1. The second-order valence-electron chi connectivity index (χ2n) is 4.52. The van der Waals surface area contributed by atoms with Gasteiger partial charge < -0.3 is 16.0 Å². The molecule has 3 nitrogen and oxygen atoms in total. The van der Waals surface area contributed by atoms with Gasteiger partial charge in [-0.2, -0.15) is 0 Å². The fourth-order valence-corrected chi connectivity index (χ4v) is 1.96. The van der Waals surface area contributed by atoms with E-state index in [4.69, 9.17) is 5.73 Å². The number of likely N-dealkylation sites (N-methyl/N-ethyl adjacent to an activating group) is 1. The van der Waals surface area contributed by atoms with Crippen molar-refractivity contribution < 1.29 is 4.39 Å². The average molecular weight is 318 g/mol. The van der Waals surface area contributed by atoms with E-state index in [1.165, 1.54) is 6.07 Å². The highest BCUT2D eigenvalue weighted by Crippen LogP contribution is 2.26. The van der Waals surface area contributed by atoms with Crippen LogP contribution in [-0.2, 0) is 0 Å². The second kappa shape index (κ2) is 6.95. The topological polar surface area (TPSA) is 41.3 Å². The molecule has 0 amide bonds. The Morgan fingerprint density at radius 1 is 1.50 bits per heavy atom. The molecule has 0 aliphatic carbocycles. The Morgan fingerprint density at radius 2 is 2.17 bits per heavy atom. The van der Waals surface area contributed by atoms with Crippen LogP contribution in [0.15, 0.2) is 16.6 Å². The molecule has 0 bridgehead atoms. The number of nitrogens with two attached hydrogens (primary N) is 1. The number of hydrogen-bond acceptors (Lipinski definition) is 3. The van der Waals surface area contributed by atoms with Crippen LogP contribution in [0.4, 0.5) is 15.8 Å². The molecule has 0 saturated carbocycles. The predicted molar refractivity (Wildman–Crippen MR) is 79.4 cm³/mol. The van der Waals surface area contributed by atoms with Crippen molar-refractivity contribution in [3.63, 3.8) is 0 Å². The van der Waals surface area contributed by atoms with Gasteiger partial charge in [-0.15, -0.1) is 0 Å². The molecule has 18 heavy (non-hydrogen) atoms. The minimum atomic E-state index is -0.338. The van der Waals surface area contributed by atoms with Crippen LogP contribution < -0.4 is 11.1 Å². The summed E-state index contributed by atoms with van der Waals surface area (Å²) in [5.74, 6) is -0.338. The molecule has 0 spiro atoms. The standard InChI is InChI=1S/C13H21BrFN3/c1-4-9(2)18(3)6-5-17-13-7-10(14)11(15)8-12(13)16/h7-9,17H,4-6,16H2,1-3H3. The Kier molecular flexibility index (Phi) is 5.88. The molecule has 0 heterocycles. The summed E-state index contributed by atoms with van der Waals surface area (Å²) >= 11 is 3.15. The Balaban J connectivity index is 2.52. The molecule has 1 unspecified atom stereocenters. The molecule has 0 aliphatic heterocycles. The van der Waals surface area contributed by atoms with E-state index in [1.807, 2.05) is 0 Å². The Labute approximate surface area is 117 Å². The summed E-state index contributed by atoms with van der Waals surface area (Å²) in [6.45, 7) is 6.07. The largest absolute Gasteiger partial charge is 0.397 e. The first-order chi connectivity index (χ1) is 8.45. The predicted octanol–water partition coefficient (Wildman–Crippen LogP) is 3.31. The van der Waals surface area contributed by atoms with Crippen LogP contribution in [0.5, 0.6) is 0 Å². The summed E-state index contributed by atoms with van der Waals surface area (Å²) in [5, 5.41) is 3.23. The van der Waals surface area contributed by atoms with Crippen molar-refractivity contribution in [3.05, 3.63) is 22.4 Å². The summed E-state index contributed by atoms with van der Waals surface area (Å²) in [6, 6.07) is 3.56. The van der Waals surface area contributed by atoms with Gasteiger partial charge >= 0.3 is 0 Å². The lowest BCUT2D eigenvalue weighted by Gasteiger charge is -2.23. The smallest absolute Gasteiger partial charge is 0.139 e. The summed E-state index contributed by atoms with van der Waals surface area (Å²) in [6.07, 6.45) is 1.13. The molecule has 1 aromatic rings. The van der Waals surface area contributed by atoms with Crippen LogP contribution in [0.2, 0.25) is 0 Å². The van der Waals surface area contributed by atoms with E-state index in [0.29, 0.717) is 16.2 Å².